The Morgan fingerprint density at radius 2 is 2.08 bits per heavy atom. The third kappa shape index (κ3) is 5.00. The molecule has 1 N–H and O–H groups in total. The highest BCUT2D eigenvalue weighted by Crippen LogP contribution is 2.22. The average Bonchev–Trinajstić information content (AvgIpc) is 3.06. The van der Waals surface area contributed by atoms with Crippen molar-refractivity contribution in [1.82, 2.24) is 14.9 Å². The highest BCUT2D eigenvalue weighted by molar-refractivity contribution is 7.99. The third-order valence-corrected chi connectivity index (χ3v) is 4.98. The molecule has 0 atom stereocenters. The van der Waals surface area contributed by atoms with E-state index in [2.05, 4.69) is 9.97 Å². The van der Waals surface area contributed by atoms with Gasteiger partial charge in [0.15, 0.2) is 5.16 Å². The summed E-state index contributed by atoms with van der Waals surface area (Å²) in [5, 5.41) is 1.37. The van der Waals surface area contributed by atoms with Gasteiger partial charge < -0.3 is 14.6 Å². The summed E-state index contributed by atoms with van der Waals surface area (Å²) in [6, 6.07) is 15.4. The molecule has 0 aliphatic carbocycles. The van der Waals surface area contributed by atoms with E-state index in [1.54, 1.807) is 13.2 Å². The molecule has 3 rings (SSSR count). The van der Waals surface area contributed by atoms with Crippen molar-refractivity contribution < 1.29 is 9.53 Å². The molecule has 136 valence electrons. The number of carbonyl (C=O) groups excluding carboxylic acids is 1. The fraction of sp³-hybridized carbons (Fsp3) is 0.263. The van der Waals surface area contributed by atoms with E-state index in [0.717, 1.165) is 16.6 Å². The molecule has 1 aromatic heterocycles. The Bertz CT molecular complexity index is 870. The van der Waals surface area contributed by atoms with Crippen LogP contribution in [0.5, 0.6) is 0 Å². The summed E-state index contributed by atoms with van der Waals surface area (Å²) in [6.45, 7) is 1.63. The van der Waals surface area contributed by atoms with Gasteiger partial charge in [0.1, 0.15) is 0 Å². The van der Waals surface area contributed by atoms with Gasteiger partial charge in [0.25, 0.3) is 0 Å². The van der Waals surface area contributed by atoms with Crippen LogP contribution in [0.2, 0.25) is 5.02 Å². The van der Waals surface area contributed by atoms with Crippen LogP contribution in [0, 0.1) is 0 Å². The molecule has 5 nitrogen and oxygen atoms in total. The van der Waals surface area contributed by atoms with Crippen molar-refractivity contribution in [2.45, 2.75) is 11.7 Å². The Balaban J connectivity index is 1.64. The lowest BCUT2D eigenvalue weighted by Gasteiger charge is -2.22. The fourth-order valence-electron chi connectivity index (χ4n) is 2.55. The molecule has 26 heavy (non-hydrogen) atoms. The molecule has 0 aliphatic rings. The number of methoxy groups -OCH3 is 1. The molecule has 0 bridgehead atoms. The lowest BCUT2D eigenvalue weighted by molar-refractivity contribution is -0.129. The predicted octanol–water partition coefficient (Wildman–Crippen LogP) is 3.98. The maximum Gasteiger partial charge on any atom is 0.233 e. The third-order valence-electron chi connectivity index (χ3n) is 3.89. The Hall–Kier alpha value is -2.02. The number of amides is 1. The summed E-state index contributed by atoms with van der Waals surface area (Å²) in [6.07, 6.45) is 0. The number of rotatable bonds is 8. The zero-order valence-corrected chi connectivity index (χ0v) is 16.0. The zero-order chi connectivity index (χ0) is 18.4. The summed E-state index contributed by atoms with van der Waals surface area (Å²) in [5.74, 6) is 0.360. The molecule has 0 spiro atoms. The largest absolute Gasteiger partial charge is 0.383 e. The number of fused-ring (bicyclic) bond motifs is 1. The molecular weight excluding hydrogens is 370 g/mol. The number of benzene rings is 2. The van der Waals surface area contributed by atoms with Gasteiger partial charge in [0, 0.05) is 25.2 Å². The maximum atomic E-state index is 12.7. The summed E-state index contributed by atoms with van der Waals surface area (Å²) in [4.78, 5) is 22.2. The zero-order valence-electron chi connectivity index (χ0n) is 14.4. The van der Waals surface area contributed by atoms with Crippen LogP contribution in [0.15, 0.2) is 53.7 Å². The fourth-order valence-corrected chi connectivity index (χ4v) is 3.51. The number of aromatic nitrogens is 2. The monoisotopic (exact) mass is 389 g/mol. The van der Waals surface area contributed by atoms with E-state index in [1.807, 2.05) is 47.4 Å². The number of hydrogen-bond acceptors (Lipinski definition) is 4. The molecule has 1 amide bonds. The number of carbonyl (C=O) groups is 1. The molecule has 2 aromatic carbocycles. The topological polar surface area (TPSA) is 58.2 Å². The van der Waals surface area contributed by atoms with Crippen LogP contribution in [0.3, 0.4) is 0 Å². The number of aromatic amines is 1. The first-order chi connectivity index (χ1) is 12.7. The summed E-state index contributed by atoms with van der Waals surface area (Å²) < 4.78 is 5.14. The molecule has 0 radical (unpaired) electrons. The number of thioether (sulfide) groups is 1. The van der Waals surface area contributed by atoms with Crippen LogP contribution in [-0.4, -0.2) is 46.8 Å². The molecule has 0 fully saturated rings. The Morgan fingerprint density at radius 1 is 1.27 bits per heavy atom. The van der Waals surface area contributed by atoms with Gasteiger partial charge in [-0.25, -0.2) is 4.98 Å². The minimum atomic E-state index is 0.0504. The van der Waals surface area contributed by atoms with Crippen molar-refractivity contribution >= 4 is 40.3 Å². The van der Waals surface area contributed by atoms with E-state index in [-0.39, 0.29) is 5.91 Å². The first-order valence-corrected chi connectivity index (χ1v) is 9.61. The van der Waals surface area contributed by atoms with Crippen molar-refractivity contribution in [1.29, 1.82) is 0 Å². The lowest BCUT2D eigenvalue weighted by Crippen LogP contribution is -2.34. The molecule has 7 heteroatoms. The molecule has 0 aliphatic heterocycles. The number of H-pyrrole nitrogens is 1. The molecule has 0 unspecified atom stereocenters. The number of imidazole rings is 1. The second-order valence-electron chi connectivity index (χ2n) is 5.79. The van der Waals surface area contributed by atoms with Gasteiger partial charge in [-0.2, -0.15) is 0 Å². The van der Waals surface area contributed by atoms with Gasteiger partial charge in [0.05, 0.1) is 23.4 Å². The van der Waals surface area contributed by atoms with Gasteiger partial charge in [0.2, 0.25) is 5.91 Å². The highest BCUT2D eigenvalue weighted by Gasteiger charge is 2.15. The second kappa shape index (κ2) is 9.07. The van der Waals surface area contributed by atoms with Crippen LogP contribution < -0.4 is 0 Å². The normalized spacial score (nSPS) is 11.0. The molecule has 0 saturated carbocycles. The quantitative estimate of drug-likeness (QED) is 0.592. The first kappa shape index (κ1) is 18.8. The van der Waals surface area contributed by atoms with Crippen molar-refractivity contribution in [2.24, 2.45) is 0 Å². The number of ether oxygens (including phenoxy) is 1. The number of nitrogens with one attached hydrogen (secondary N) is 1. The molecular formula is C19H20ClN3O2S. The summed E-state index contributed by atoms with van der Waals surface area (Å²) in [5.41, 5.74) is 2.80. The van der Waals surface area contributed by atoms with Crippen molar-refractivity contribution in [3.63, 3.8) is 0 Å². The Labute approximate surface area is 161 Å². The van der Waals surface area contributed by atoms with Crippen LogP contribution >= 0.6 is 23.4 Å². The van der Waals surface area contributed by atoms with E-state index >= 15 is 0 Å². The SMILES string of the molecule is COCCN(Cc1ccccc1)C(=O)CSc1nc2ccc(Cl)cc2[nH]1. The van der Waals surface area contributed by atoms with E-state index in [1.165, 1.54) is 11.8 Å². The minimum Gasteiger partial charge on any atom is -0.383 e. The molecule has 0 saturated heterocycles. The van der Waals surface area contributed by atoms with Crippen LogP contribution in [0.4, 0.5) is 0 Å². The van der Waals surface area contributed by atoms with Crippen LogP contribution in [-0.2, 0) is 16.1 Å². The van der Waals surface area contributed by atoms with E-state index in [9.17, 15) is 4.79 Å². The predicted molar refractivity (Wildman–Crippen MR) is 106 cm³/mol. The van der Waals surface area contributed by atoms with Crippen molar-refractivity contribution in [3.05, 3.63) is 59.1 Å². The molecule has 1 heterocycles. The van der Waals surface area contributed by atoms with Gasteiger partial charge in [-0.15, -0.1) is 0 Å². The maximum absolute atomic E-state index is 12.7. The van der Waals surface area contributed by atoms with Crippen LogP contribution in [0.1, 0.15) is 5.56 Å². The smallest absolute Gasteiger partial charge is 0.233 e. The highest BCUT2D eigenvalue weighted by atomic mass is 35.5. The van der Waals surface area contributed by atoms with E-state index in [0.29, 0.717) is 35.6 Å². The minimum absolute atomic E-state index is 0.0504. The Kier molecular flexibility index (Phi) is 6.55. The second-order valence-corrected chi connectivity index (χ2v) is 7.19. The summed E-state index contributed by atoms with van der Waals surface area (Å²) in [7, 11) is 1.64. The lowest BCUT2D eigenvalue weighted by atomic mass is 10.2. The Morgan fingerprint density at radius 3 is 2.85 bits per heavy atom. The van der Waals surface area contributed by atoms with Gasteiger partial charge >= 0.3 is 0 Å². The van der Waals surface area contributed by atoms with Gasteiger partial charge in [-0.3, -0.25) is 4.79 Å². The summed E-state index contributed by atoms with van der Waals surface area (Å²) >= 11 is 7.39. The van der Waals surface area contributed by atoms with Crippen LogP contribution in [0.25, 0.3) is 11.0 Å². The van der Waals surface area contributed by atoms with Crippen molar-refractivity contribution in [2.75, 3.05) is 26.0 Å². The standard InChI is InChI=1S/C19H20ClN3O2S/c1-25-10-9-23(12-14-5-3-2-4-6-14)18(24)13-26-19-21-16-8-7-15(20)11-17(16)22-19/h2-8,11H,9-10,12-13H2,1H3,(H,21,22). The number of halogens is 1. The number of hydrogen-bond donors (Lipinski definition) is 1. The van der Waals surface area contributed by atoms with Gasteiger partial charge in [-0.05, 0) is 23.8 Å². The van der Waals surface area contributed by atoms with Crippen molar-refractivity contribution in [3.8, 4) is 0 Å². The van der Waals surface area contributed by atoms with E-state index < -0.39 is 0 Å². The van der Waals surface area contributed by atoms with Gasteiger partial charge in [-0.1, -0.05) is 53.7 Å². The molecule has 3 aromatic rings. The number of nitrogens with zero attached hydrogens (tertiary/aromatic N) is 2. The van der Waals surface area contributed by atoms with E-state index in [4.69, 9.17) is 16.3 Å². The first-order valence-electron chi connectivity index (χ1n) is 8.24. The average molecular weight is 390 g/mol.